The monoisotopic (exact) mass is 1190 g/mol. The van der Waals surface area contributed by atoms with Gasteiger partial charge in [-0.15, -0.1) is 0 Å². The number of allylic oxidation sites excluding steroid dienone is 12. The molecule has 4 aromatic rings. The van der Waals surface area contributed by atoms with Crippen molar-refractivity contribution in [1.29, 1.82) is 0 Å². The van der Waals surface area contributed by atoms with E-state index in [1.54, 1.807) is 5.57 Å². The fourth-order valence-corrected chi connectivity index (χ4v) is 12.1. The van der Waals surface area contributed by atoms with Gasteiger partial charge in [0.25, 0.3) is 0 Å². The van der Waals surface area contributed by atoms with Gasteiger partial charge in [-0.3, -0.25) is 0 Å². The van der Waals surface area contributed by atoms with E-state index in [0.29, 0.717) is 17.8 Å². The summed E-state index contributed by atoms with van der Waals surface area (Å²) in [6, 6.07) is 33.5. The minimum Gasteiger partial charge on any atom is -0.247 e. The lowest BCUT2D eigenvalue weighted by Crippen LogP contribution is -2.11. The average Bonchev–Trinajstić information content (AvgIpc) is 0.954. The fourth-order valence-electron chi connectivity index (χ4n) is 12.1. The predicted molar refractivity (Wildman–Crippen MR) is 403 cm³/mol. The molecule has 1 nitrogen and oxygen atoms in total. The number of hydrogen-bond acceptors (Lipinski definition) is 1. The summed E-state index contributed by atoms with van der Waals surface area (Å²) in [5.41, 5.74) is 22.7. The second kappa shape index (κ2) is 42.7. The molecule has 0 aliphatic heterocycles. The van der Waals surface area contributed by atoms with Crippen molar-refractivity contribution in [2.45, 2.75) is 298 Å². The van der Waals surface area contributed by atoms with Crippen molar-refractivity contribution in [2.24, 2.45) is 21.7 Å². The van der Waals surface area contributed by atoms with E-state index >= 15 is 0 Å². The molecule has 3 atom stereocenters. The molecule has 1 heteroatoms. The smallest absolute Gasteiger partial charge is 0.0781 e. The van der Waals surface area contributed by atoms with Gasteiger partial charge in [0, 0.05) is 16.7 Å². The van der Waals surface area contributed by atoms with Gasteiger partial charge in [-0.1, -0.05) is 373 Å². The SMILES string of the molecule is C=C(C(=Nc1c(/C(=C/C(CCC)=C(\C)c2ccc(C(=C)/C=C\C(=C/C)C(C)(C)C)c(C(C)C(C)CCCCCCCC)c2)CCC)ccc(C(C)C/C(CCC)=C(\C)C(C)(C)C)c1C)c1ccccc1)c1ccccc1.CCC.CCCCCCCCC. The van der Waals surface area contributed by atoms with Crippen molar-refractivity contribution in [3.63, 3.8) is 0 Å². The van der Waals surface area contributed by atoms with E-state index in [1.165, 1.54) is 158 Å². The topological polar surface area (TPSA) is 12.4 Å². The lowest BCUT2D eigenvalue weighted by molar-refractivity contribution is 0.425. The Morgan fingerprint density at radius 2 is 1.06 bits per heavy atom. The summed E-state index contributed by atoms with van der Waals surface area (Å²) < 4.78 is 0. The van der Waals surface area contributed by atoms with Crippen LogP contribution in [0.1, 0.15) is 336 Å². The van der Waals surface area contributed by atoms with E-state index in [2.05, 4.69) is 261 Å². The van der Waals surface area contributed by atoms with E-state index in [0.717, 1.165) is 78.6 Å². The van der Waals surface area contributed by atoms with Gasteiger partial charge in [-0.05, 0) is 143 Å². The minimum absolute atomic E-state index is 0.0626. The maximum atomic E-state index is 5.89. The molecular weight excluding hydrogens is 1060 g/mol. The zero-order valence-corrected chi connectivity index (χ0v) is 61.1. The summed E-state index contributed by atoms with van der Waals surface area (Å²) in [5.74, 6) is 1.25. The standard InChI is InChI=1S/C75H105N.C9H20.C3H8/c1-20-25-26-27-28-31-39-53(6)56(9)71-52-64(45-47-69(71)54(7)44-46-67(24-5)75(17,18)19)57(10)63(36-21-2)51-66(38-23-4)70-49-48-68(55(8)50-65(37-22-3)60(13)74(14,15)16)59(12)73(70)76-72(62-42-34-30-35-43-62)58(11)61-40-32-29-33-41-61;1-3-5-7-9-8-6-4-2;1-3-2/h24,29-30,32-35,40-49,51-53,55-56H,7,11,20-23,25-28,31,36-39,50H2,1-6,8-10,12-19H3;3-9H2,1-2H3;3H2,1-2H3/b46-44-,63-57+,65-60+,66-51+,67-24+,76-72?;;. The van der Waals surface area contributed by atoms with E-state index < -0.39 is 0 Å². The first-order chi connectivity index (χ1) is 41.9. The van der Waals surface area contributed by atoms with Crippen molar-refractivity contribution in [2.75, 3.05) is 0 Å². The number of aliphatic imine (C=N–C) groups is 1. The van der Waals surface area contributed by atoms with Crippen LogP contribution in [0, 0.1) is 23.7 Å². The molecule has 4 rings (SSSR count). The highest BCUT2D eigenvalue weighted by molar-refractivity contribution is 6.32. The number of hydrogen-bond donors (Lipinski definition) is 0. The molecule has 0 aliphatic rings. The molecule has 486 valence electrons. The van der Waals surface area contributed by atoms with Gasteiger partial charge in [0.1, 0.15) is 0 Å². The Labute approximate surface area is 546 Å². The van der Waals surface area contributed by atoms with Crippen LogP contribution in [0.4, 0.5) is 5.69 Å². The molecule has 0 radical (unpaired) electrons. The molecule has 0 aromatic heterocycles. The van der Waals surface area contributed by atoms with Crippen LogP contribution in [-0.2, 0) is 0 Å². The van der Waals surface area contributed by atoms with Gasteiger partial charge in [0.2, 0.25) is 0 Å². The lowest BCUT2D eigenvalue weighted by atomic mass is 9.79. The Morgan fingerprint density at radius 3 is 1.56 bits per heavy atom. The van der Waals surface area contributed by atoms with Crippen LogP contribution in [0.5, 0.6) is 0 Å². The number of rotatable bonds is 34. The summed E-state index contributed by atoms with van der Waals surface area (Å²) in [6.45, 7) is 58.1. The van der Waals surface area contributed by atoms with Crippen molar-refractivity contribution >= 4 is 33.7 Å². The Bertz CT molecular complexity index is 2830. The molecule has 0 N–H and O–H groups in total. The van der Waals surface area contributed by atoms with E-state index in [1.807, 2.05) is 0 Å². The highest BCUT2D eigenvalue weighted by Crippen LogP contribution is 2.43. The maximum Gasteiger partial charge on any atom is 0.0781 e. The first-order valence-corrected chi connectivity index (χ1v) is 35.8. The molecule has 0 saturated heterocycles. The Balaban J connectivity index is 0.00000199. The molecule has 3 unspecified atom stereocenters. The van der Waals surface area contributed by atoms with Crippen LogP contribution >= 0.6 is 0 Å². The van der Waals surface area contributed by atoms with Crippen LogP contribution < -0.4 is 0 Å². The Morgan fingerprint density at radius 1 is 0.545 bits per heavy atom. The highest BCUT2D eigenvalue weighted by Gasteiger charge is 2.25. The predicted octanol–water partition coefficient (Wildman–Crippen LogP) is 29.2. The number of unbranched alkanes of at least 4 members (excludes halogenated alkanes) is 11. The molecule has 0 saturated carbocycles. The van der Waals surface area contributed by atoms with Crippen LogP contribution in [-0.4, -0.2) is 5.71 Å². The van der Waals surface area contributed by atoms with E-state index in [4.69, 9.17) is 18.2 Å². The van der Waals surface area contributed by atoms with Gasteiger partial charge < -0.3 is 0 Å². The first-order valence-electron chi connectivity index (χ1n) is 35.8. The zero-order valence-electron chi connectivity index (χ0n) is 61.1. The summed E-state index contributed by atoms with van der Waals surface area (Å²) in [7, 11) is 0. The molecular formula is C87H133N. The minimum atomic E-state index is 0.0626. The molecule has 88 heavy (non-hydrogen) atoms. The molecule has 0 amide bonds. The Hall–Kier alpha value is -5.27. The third-order valence-electron chi connectivity index (χ3n) is 18.2. The Kier molecular flexibility index (Phi) is 38.2. The van der Waals surface area contributed by atoms with Crippen LogP contribution in [0.3, 0.4) is 0 Å². The number of benzene rings is 4. The molecule has 0 aliphatic carbocycles. The average molecular weight is 1190 g/mol. The lowest BCUT2D eigenvalue weighted by Gasteiger charge is -2.27. The van der Waals surface area contributed by atoms with Crippen LogP contribution in [0.2, 0.25) is 0 Å². The van der Waals surface area contributed by atoms with Crippen molar-refractivity contribution < 1.29 is 0 Å². The van der Waals surface area contributed by atoms with Gasteiger partial charge in [-0.25, -0.2) is 4.99 Å². The molecule has 0 bridgehead atoms. The second-order valence-electron chi connectivity index (χ2n) is 28.0. The first kappa shape index (κ1) is 78.8. The summed E-state index contributed by atoms with van der Waals surface area (Å²) in [4.78, 5) is 5.89. The third kappa shape index (κ3) is 26.7. The van der Waals surface area contributed by atoms with Crippen molar-refractivity contribution in [3.8, 4) is 0 Å². The highest BCUT2D eigenvalue weighted by atomic mass is 14.8. The van der Waals surface area contributed by atoms with Gasteiger partial charge >= 0.3 is 0 Å². The van der Waals surface area contributed by atoms with E-state index in [9.17, 15) is 0 Å². The summed E-state index contributed by atoms with van der Waals surface area (Å²) in [6.07, 6.45) is 37.1. The van der Waals surface area contributed by atoms with Crippen LogP contribution in [0.15, 0.2) is 156 Å². The van der Waals surface area contributed by atoms with Gasteiger partial charge in [-0.2, -0.15) is 0 Å². The van der Waals surface area contributed by atoms with Crippen molar-refractivity contribution in [1.82, 2.24) is 0 Å². The normalized spacial score (nSPS) is 14.1. The molecule has 0 fully saturated rings. The second-order valence-corrected chi connectivity index (χ2v) is 28.0. The number of nitrogens with zero attached hydrogens (tertiary/aromatic N) is 1. The summed E-state index contributed by atoms with van der Waals surface area (Å²) in [5, 5.41) is 0. The van der Waals surface area contributed by atoms with Gasteiger partial charge in [0.15, 0.2) is 0 Å². The van der Waals surface area contributed by atoms with Crippen LogP contribution in [0.25, 0.3) is 22.3 Å². The molecule has 0 heterocycles. The summed E-state index contributed by atoms with van der Waals surface area (Å²) >= 11 is 0. The van der Waals surface area contributed by atoms with Gasteiger partial charge in [0.05, 0.1) is 11.4 Å². The van der Waals surface area contributed by atoms with E-state index in [-0.39, 0.29) is 10.8 Å². The fraction of sp³-hybridized carbons (Fsp3) is 0.552. The zero-order chi connectivity index (χ0) is 65.8. The third-order valence-corrected chi connectivity index (χ3v) is 18.2. The quantitative estimate of drug-likeness (QED) is 0.0191. The largest absolute Gasteiger partial charge is 0.247 e. The molecule has 0 spiro atoms. The van der Waals surface area contributed by atoms with Crippen molar-refractivity contribution in [3.05, 3.63) is 195 Å². The maximum absolute atomic E-state index is 5.89. The molecule has 4 aromatic carbocycles.